The molecule has 3 aromatic carbocycles. The van der Waals surface area contributed by atoms with Crippen LogP contribution in [-0.4, -0.2) is 22.6 Å². The maximum absolute atomic E-state index is 12.3. The lowest BCUT2D eigenvalue weighted by atomic mass is 9.84. The first-order valence-electron chi connectivity index (χ1n) is 11.5. The van der Waals surface area contributed by atoms with Gasteiger partial charge in [0.2, 0.25) is 0 Å². The first-order valence-corrected chi connectivity index (χ1v) is 11.5. The molecule has 0 saturated heterocycles. The van der Waals surface area contributed by atoms with Crippen LogP contribution in [0.3, 0.4) is 0 Å². The minimum absolute atomic E-state index is 0.0742. The molecule has 0 amide bonds. The van der Waals surface area contributed by atoms with Crippen LogP contribution in [0.15, 0.2) is 85.3 Å². The number of ether oxygens (including phenoxy) is 1. The van der Waals surface area contributed by atoms with Crippen molar-refractivity contribution in [1.82, 2.24) is 9.55 Å². The van der Waals surface area contributed by atoms with Gasteiger partial charge < -0.3 is 14.6 Å². The van der Waals surface area contributed by atoms with Crippen LogP contribution in [-0.2, 0) is 23.2 Å². The van der Waals surface area contributed by atoms with Gasteiger partial charge >= 0.3 is 5.97 Å². The van der Waals surface area contributed by atoms with Gasteiger partial charge in [-0.25, -0.2) is 9.78 Å². The lowest BCUT2D eigenvalue weighted by Crippen LogP contribution is -2.16. The van der Waals surface area contributed by atoms with Crippen molar-refractivity contribution in [2.45, 2.75) is 39.3 Å². The summed E-state index contributed by atoms with van der Waals surface area (Å²) in [4.78, 5) is 16.7. The van der Waals surface area contributed by atoms with E-state index in [0.717, 1.165) is 29.1 Å². The molecule has 0 aliphatic rings. The monoisotopic (exact) mass is 453 g/mol. The van der Waals surface area contributed by atoms with Crippen molar-refractivity contribution >= 4 is 11.7 Å². The van der Waals surface area contributed by atoms with Crippen LogP contribution in [0.25, 0.3) is 11.1 Å². The number of carbonyl (C=O) groups is 1. The number of hydrogen-bond donors (Lipinski definition) is 1. The maximum Gasteiger partial charge on any atom is 0.338 e. The molecule has 4 aromatic rings. The number of hydrogen-bond acceptors (Lipinski definition) is 4. The quantitative estimate of drug-likeness (QED) is 0.334. The topological polar surface area (TPSA) is 56.1 Å². The maximum atomic E-state index is 12.3. The summed E-state index contributed by atoms with van der Waals surface area (Å²) in [6.45, 7) is 8.10. The summed E-state index contributed by atoms with van der Waals surface area (Å²) in [5.74, 6) is -0.346. The summed E-state index contributed by atoms with van der Waals surface area (Å²) in [5.41, 5.74) is 7.07. The highest BCUT2D eigenvalue weighted by molar-refractivity contribution is 5.98. The van der Waals surface area contributed by atoms with Crippen molar-refractivity contribution in [1.29, 1.82) is 0 Å². The Balaban J connectivity index is 1.56. The molecule has 0 aliphatic carbocycles. The predicted octanol–water partition coefficient (Wildman–Crippen LogP) is 6.29. The fraction of sp³-hybridized carbons (Fsp3) is 0.241. The number of rotatable bonds is 7. The largest absolute Gasteiger partial charge is 0.465 e. The van der Waals surface area contributed by atoms with E-state index in [0.29, 0.717) is 12.1 Å². The average molecular weight is 454 g/mol. The Morgan fingerprint density at radius 3 is 2.47 bits per heavy atom. The molecule has 174 valence electrons. The second-order valence-electron chi connectivity index (χ2n) is 9.39. The number of benzene rings is 3. The van der Waals surface area contributed by atoms with Gasteiger partial charge in [0.15, 0.2) is 0 Å². The van der Waals surface area contributed by atoms with Gasteiger partial charge in [-0.1, -0.05) is 75.4 Å². The number of esters is 1. The number of anilines is 1. The molecular formula is C29H31N3O2. The molecule has 1 heterocycles. The Hall–Kier alpha value is -3.86. The molecule has 0 saturated carbocycles. The Bertz CT molecular complexity index is 1270. The minimum atomic E-state index is -0.346. The smallest absolute Gasteiger partial charge is 0.338 e. The molecular weight excluding hydrogens is 422 g/mol. The van der Waals surface area contributed by atoms with Crippen LogP contribution in [0, 0.1) is 0 Å². The normalized spacial score (nSPS) is 11.3. The van der Waals surface area contributed by atoms with Gasteiger partial charge in [0, 0.05) is 18.4 Å². The molecule has 0 spiro atoms. The van der Waals surface area contributed by atoms with Gasteiger partial charge in [0.25, 0.3) is 0 Å². The van der Waals surface area contributed by atoms with E-state index in [2.05, 4.69) is 59.9 Å². The highest BCUT2D eigenvalue weighted by Crippen LogP contribution is 2.29. The molecule has 5 heteroatoms. The summed E-state index contributed by atoms with van der Waals surface area (Å²) in [7, 11) is 1.40. The van der Waals surface area contributed by atoms with Crippen molar-refractivity contribution in [3.8, 4) is 11.1 Å². The number of methoxy groups -OCH3 is 1. The second-order valence-corrected chi connectivity index (χ2v) is 9.39. The van der Waals surface area contributed by atoms with E-state index in [1.54, 1.807) is 0 Å². The summed E-state index contributed by atoms with van der Waals surface area (Å²) in [6, 6.07) is 24.2. The van der Waals surface area contributed by atoms with E-state index >= 15 is 0 Å². The van der Waals surface area contributed by atoms with Gasteiger partial charge in [0.1, 0.15) is 0 Å². The van der Waals surface area contributed by atoms with Crippen molar-refractivity contribution in [2.24, 2.45) is 0 Å². The zero-order valence-corrected chi connectivity index (χ0v) is 20.2. The molecule has 0 unspecified atom stereocenters. The van der Waals surface area contributed by atoms with E-state index in [9.17, 15) is 4.79 Å². The van der Waals surface area contributed by atoms with Crippen LogP contribution in [0.4, 0.5) is 5.69 Å². The number of imidazole rings is 1. The minimum Gasteiger partial charge on any atom is -0.465 e. The zero-order chi connectivity index (χ0) is 24.1. The highest BCUT2D eigenvalue weighted by atomic mass is 16.5. The zero-order valence-electron chi connectivity index (χ0n) is 20.2. The van der Waals surface area contributed by atoms with Crippen molar-refractivity contribution < 1.29 is 9.53 Å². The molecule has 0 fully saturated rings. The molecule has 0 bridgehead atoms. The van der Waals surface area contributed by atoms with Crippen molar-refractivity contribution in [2.75, 3.05) is 12.4 Å². The first-order chi connectivity index (χ1) is 16.4. The van der Waals surface area contributed by atoms with Crippen LogP contribution >= 0.6 is 0 Å². The number of carbonyl (C=O) groups excluding carboxylic acids is 1. The summed E-state index contributed by atoms with van der Waals surface area (Å²) in [6.07, 6.45) is 3.78. The predicted molar refractivity (Wildman–Crippen MR) is 137 cm³/mol. The van der Waals surface area contributed by atoms with Gasteiger partial charge in [-0.15, -0.1) is 0 Å². The Labute approximate surface area is 201 Å². The highest BCUT2D eigenvalue weighted by Gasteiger charge is 2.18. The van der Waals surface area contributed by atoms with E-state index in [-0.39, 0.29) is 11.4 Å². The third-order valence-corrected chi connectivity index (χ3v) is 5.95. The van der Waals surface area contributed by atoms with Crippen LogP contribution in [0.2, 0.25) is 0 Å². The van der Waals surface area contributed by atoms with Gasteiger partial charge in [-0.2, -0.15) is 0 Å². The lowest BCUT2D eigenvalue weighted by Gasteiger charge is -2.23. The fourth-order valence-electron chi connectivity index (χ4n) is 4.20. The standard InChI is InChI=1S/C29H31N3O2/c1-29(2,3)27-13-9-8-12-22(27)19-32-20-30-17-24(32)18-31-23-14-15-25(28(33)34-4)26(16-23)21-10-6-5-7-11-21/h5-17,20,31H,18-19H2,1-4H3. The number of aromatic nitrogens is 2. The Morgan fingerprint density at radius 1 is 1.00 bits per heavy atom. The molecule has 0 radical (unpaired) electrons. The lowest BCUT2D eigenvalue weighted by molar-refractivity contribution is 0.0601. The molecule has 1 N–H and O–H groups in total. The van der Waals surface area contributed by atoms with Gasteiger partial charge in [-0.05, 0) is 45.9 Å². The molecule has 1 aromatic heterocycles. The third-order valence-electron chi connectivity index (χ3n) is 5.95. The second kappa shape index (κ2) is 9.96. The van der Waals surface area contributed by atoms with Crippen molar-refractivity contribution in [3.05, 3.63) is 108 Å². The van der Waals surface area contributed by atoms with Gasteiger partial charge in [-0.3, -0.25) is 0 Å². The average Bonchev–Trinajstić information content (AvgIpc) is 3.29. The van der Waals surface area contributed by atoms with E-state index in [1.165, 1.54) is 18.2 Å². The Kier molecular flexibility index (Phi) is 6.82. The summed E-state index contributed by atoms with van der Waals surface area (Å²) in [5, 5.41) is 3.50. The number of nitrogens with zero attached hydrogens (tertiary/aromatic N) is 2. The van der Waals surface area contributed by atoms with E-state index < -0.39 is 0 Å². The van der Waals surface area contributed by atoms with Crippen LogP contribution in [0.5, 0.6) is 0 Å². The van der Waals surface area contributed by atoms with Gasteiger partial charge in [0.05, 0.1) is 31.2 Å². The summed E-state index contributed by atoms with van der Waals surface area (Å²) < 4.78 is 7.17. The SMILES string of the molecule is COC(=O)c1ccc(NCc2cncn2Cc2ccccc2C(C)(C)C)cc1-c1ccccc1. The van der Waals surface area contributed by atoms with Crippen molar-refractivity contribution in [3.63, 3.8) is 0 Å². The fourth-order valence-corrected chi connectivity index (χ4v) is 4.20. The molecule has 0 atom stereocenters. The Morgan fingerprint density at radius 2 is 1.74 bits per heavy atom. The summed E-state index contributed by atoms with van der Waals surface area (Å²) >= 11 is 0. The molecule has 34 heavy (non-hydrogen) atoms. The third kappa shape index (κ3) is 5.20. The molecule has 4 rings (SSSR count). The van der Waals surface area contributed by atoms with Crippen LogP contribution in [0.1, 0.15) is 48.0 Å². The van der Waals surface area contributed by atoms with E-state index in [4.69, 9.17) is 4.74 Å². The molecule has 0 aliphatic heterocycles. The number of nitrogens with one attached hydrogen (secondary N) is 1. The first kappa shape index (κ1) is 23.3. The molecule has 5 nitrogen and oxygen atoms in total. The van der Waals surface area contributed by atoms with E-state index in [1.807, 2.05) is 61.1 Å². The van der Waals surface area contributed by atoms with Crippen LogP contribution < -0.4 is 5.32 Å².